The van der Waals surface area contributed by atoms with Crippen molar-refractivity contribution in [3.8, 4) is 0 Å². The zero-order valence-corrected chi connectivity index (χ0v) is 13.7. The summed E-state index contributed by atoms with van der Waals surface area (Å²) in [5.41, 5.74) is 1.62. The van der Waals surface area contributed by atoms with Crippen LogP contribution in [0, 0.1) is 23.4 Å². The highest BCUT2D eigenvalue weighted by Crippen LogP contribution is 2.36. The van der Waals surface area contributed by atoms with E-state index in [2.05, 4.69) is 10.3 Å². The van der Waals surface area contributed by atoms with Crippen molar-refractivity contribution in [2.75, 3.05) is 11.4 Å². The second-order valence-electron chi connectivity index (χ2n) is 6.62. The predicted molar refractivity (Wildman–Crippen MR) is 83.5 cm³/mol. The van der Waals surface area contributed by atoms with Crippen LogP contribution in [0.4, 0.5) is 18.9 Å². The van der Waals surface area contributed by atoms with Crippen LogP contribution in [-0.4, -0.2) is 27.4 Å². The van der Waals surface area contributed by atoms with Crippen molar-refractivity contribution in [1.82, 2.24) is 15.0 Å². The van der Waals surface area contributed by atoms with Crippen molar-refractivity contribution < 1.29 is 18.0 Å². The first-order valence-corrected chi connectivity index (χ1v) is 8.32. The van der Waals surface area contributed by atoms with Crippen molar-refractivity contribution in [2.24, 2.45) is 13.0 Å². The quantitative estimate of drug-likeness (QED) is 0.742. The van der Waals surface area contributed by atoms with E-state index in [1.54, 1.807) is 11.7 Å². The van der Waals surface area contributed by atoms with Crippen LogP contribution in [0.5, 0.6) is 0 Å². The fourth-order valence-electron chi connectivity index (χ4n) is 3.84. The summed E-state index contributed by atoms with van der Waals surface area (Å²) >= 11 is 0. The first-order valence-electron chi connectivity index (χ1n) is 8.32. The summed E-state index contributed by atoms with van der Waals surface area (Å²) in [6.07, 6.45) is 2.38. The molecule has 1 aliphatic carbocycles. The lowest BCUT2D eigenvalue weighted by Gasteiger charge is -2.33. The van der Waals surface area contributed by atoms with Crippen molar-refractivity contribution in [3.05, 3.63) is 40.5 Å². The van der Waals surface area contributed by atoms with Gasteiger partial charge in [0.15, 0.2) is 11.6 Å². The van der Waals surface area contributed by atoms with E-state index in [-0.39, 0.29) is 29.5 Å². The third kappa shape index (κ3) is 2.51. The van der Waals surface area contributed by atoms with Crippen molar-refractivity contribution in [1.29, 1.82) is 0 Å². The lowest BCUT2D eigenvalue weighted by atomic mass is 9.87. The van der Waals surface area contributed by atoms with Crippen LogP contribution >= 0.6 is 0 Å². The standard InChI is InChI=1S/C17H17F3N4O/c1-23-14-7-9(4-5-13(14)21-22-23)17(25)24-6-2-3-10-15(20)11(18)8-12(19)16(10)24/h8-9H,2-7H2,1H3. The summed E-state index contributed by atoms with van der Waals surface area (Å²) in [5.74, 6) is -3.76. The Balaban J connectivity index is 1.67. The Morgan fingerprint density at radius 2 is 2.04 bits per heavy atom. The van der Waals surface area contributed by atoms with E-state index in [9.17, 15) is 18.0 Å². The largest absolute Gasteiger partial charge is 0.309 e. The molecule has 0 saturated carbocycles. The van der Waals surface area contributed by atoms with Crippen LogP contribution in [0.25, 0.3) is 0 Å². The molecule has 25 heavy (non-hydrogen) atoms. The molecule has 0 spiro atoms. The van der Waals surface area contributed by atoms with Crippen LogP contribution in [0.3, 0.4) is 0 Å². The number of halogens is 3. The summed E-state index contributed by atoms with van der Waals surface area (Å²) in [5, 5.41) is 8.04. The van der Waals surface area contributed by atoms with Gasteiger partial charge in [-0.05, 0) is 25.7 Å². The molecule has 8 heteroatoms. The average Bonchev–Trinajstić information content (AvgIpc) is 2.99. The topological polar surface area (TPSA) is 51.0 Å². The number of fused-ring (bicyclic) bond motifs is 2. The molecule has 0 fully saturated rings. The van der Waals surface area contributed by atoms with Gasteiger partial charge in [0.05, 0.1) is 17.1 Å². The predicted octanol–water partition coefficient (Wildman–Crippen LogP) is 2.32. The van der Waals surface area contributed by atoms with Gasteiger partial charge in [0.1, 0.15) is 5.82 Å². The van der Waals surface area contributed by atoms with Crippen molar-refractivity contribution in [3.63, 3.8) is 0 Å². The number of nitrogens with zero attached hydrogens (tertiary/aromatic N) is 4. The summed E-state index contributed by atoms with van der Waals surface area (Å²) < 4.78 is 43.5. The van der Waals surface area contributed by atoms with E-state index in [1.165, 1.54) is 4.90 Å². The molecule has 1 amide bonds. The first-order chi connectivity index (χ1) is 12.0. The number of aryl methyl sites for hydroxylation is 2. The molecule has 5 nitrogen and oxygen atoms in total. The number of hydrogen-bond donors (Lipinski definition) is 0. The van der Waals surface area contributed by atoms with E-state index in [1.807, 2.05) is 0 Å². The Morgan fingerprint density at radius 1 is 1.24 bits per heavy atom. The van der Waals surface area contributed by atoms with Crippen molar-refractivity contribution in [2.45, 2.75) is 32.1 Å². The molecule has 1 atom stereocenters. The van der Waals surface area contributed by atoms with E-state index >= 15 is 0 Å². The number of benzene rings is 1. The van der Waals surface area contributed by atoms with E-state index < -0.39 is 17.5 Å². The maximum absolute atomic E-state index is 14.3. The van der Waals surface area contributed by atoms with Gasteiger partial charge in [0.25, 0.3) is 0 Å². The highest BCUT2D eigenvalue weighted by atomic mass is 19.2. The number of hydrogen-bond acceptors (Lipinski definition) is 3. The third-order valence-corrected chi connectivity index (χ3v) is 5.13. The van der Waals surface area contributed by atoms with E-state index in [0.717, 1.165) is 11.4 Å². The minimum absolute atomic E-state index is 0.0456. The van der Waals surface area contributed by atoms with Gasteiger partial charge in [-0.2, -0.15) is 0 Å². The Bertz CT molecular complexity index is 864. The maximum Gasteiger partial charge on any atom is 0.230 e. The smallest absolute Gasteiger partial charge is 0.230 e. The zero-order chi connectivity index (χ0) is 17.7. The number of aromatic nitrogens is 3. The molecule has 1 aliphatic heterocycles. The molecule has 0 bridgehead atoms. The monoisotopic (exact) mass is 350 g/mol. The molecule has 1 aromatic heterocycles. The molecule has 2 heterocycles. The molecule has 0 saturated heterocycles. The number of rotatable bonds is 1. The fourth-order valence-corrected chi connectivity index (χ4v) is 3.84. The molecular formula is C17H17F3N4O. The second-order valence-corrected chi connectivity index (χ2v) is 6.62. The molecule has 0 N–H and O–H groups in total. The minimum Gasteiger partial charge on any atom is -0.309 e. The molecule has 1 unspecified atom stereocenters. The highest BCUT2D eigenvalue weighted by molar-refractivity contribution is 5.96. The van der Waals surface area contributed by atoms with Gasteiger partial charge in [-0.25, -0.2) is 13.2 Å². The Morgan fingerprint density at radius 3 is 2.84 bits per heavy atom. The number of amides is 1. The van der Waals surface area contributed by atoms with Crippen LogP contribution < -0.4 is 4.90 Å². The maximum atomic E-state index is 14.3. The van der Waals surface area contributed by atoms with E-state index in [0.29, 0.717) is 38.3 Å². The molecule has 1 aromatic carbocycles. The molecule has 2 aliphatic rings. The van der Waals surface area contributed by atoms with Crippen LogP contribution in [0.1, 0.15) is 29.8 Å². The van der Waals surface area contributed by atoms with Gasteiger partial charge in [-0.3, -0.25) is 9.48 Å². The summed E-state index contributed by atoms with van der Waals surface area (Å²) in [4.78, 5) is 14.3. The second kappa shape index (κ2) is 5.86. The van der Waals surface area contributed by atoms with Gasteiger partial charge in [0.2, 0.25) is 5.91 Å². The van der Waals surface area contributed by atoms with Gasteiger partial charge < -0.3 is 4.90 Å². The lowest BCUT2D eigenvalue weighted by molar-refractivity contribution is -0.122. The van der Waals surface area contributed by atoms with Gasteiger partial charge >= 0.3 is 0 Å². The number of carbonyl (C=O) groups is 1. The van der Waals surface area contributed by atoms with Gasteiger partial charge in [-0.15, -0.1) is 5.10 Å². The SMILES string of the molecule is Cn1nnc2c1CC(C(=O)N1CCCc3c(F)c(F)cc(F)c31)CC2. The summed E-state index contributed by atoms with van der Waals surface area (Å²) in [6, 6.07) is 0.518. The van der Waals surface area contributed by atoms with Crippen LogP contribution in [-0.2, 0) is 31.1 Å². The normalized spacial score (nSPS) is 19.5. The molecule has 4 rings (SSSR count). The van der Waals surface area contributed by atoms with Gasteiger partial charge in [0, 0.05) is 37.6 Å². The zero-order valence-electron chi connectivity index (χ0n) is 13.7. The molecule has 2 aromatic rings. The molecule has 0 radical (unpaired) electrons. The number of carbonyl (C=O) groups excluding carboxylic acids is 1. The summed E-state index contributed by atoms with van der Waals surface area (Å²) in [6.45, 7) is 0.306. The summed E-state index contributed by atoms with van der Waals surface area (Å²) in [7, 11) is 1.77. The fraction of sp³-hybridized carbons (Fsp3) is 0.471. The highest BCUT2D eigenvalue weighted by Gasteiger charge is 2.35. The third-order valence-electron chi connectivity index (χ3n) is 5.13. The Labute approximate surface area is 142 Å². The average molecular weight is 350 g/mol. The van der Waals surface area contributed by atoms with E-state index in [4.69, 9.17) is 0 Å². The Kier molecular flexibility index (Phi) is 3.77. The molecular weight excluding hydrogens is 333 g/mol. The van der Waals surface area contributed by atoms with Crippen LogP contribution in [0.15, 0.2) is 6.07 Å². The molecule has 132 valence electrons. The minimum atomic E-state index is -1.21. The van der Waals surface area contributed by atoms with Gasteiger partial charge in [-0.1, -0.05) is 5.21 Å². The van der Waals surface area contributed by atoms with Crippen molar-refractivity contribution >= 4 is 11.6 Å². The number of anilines is 1. The Hall–Kier alpha value is -2.38. The first kappa shape index (κ1) is 16.1. The lowest BCUT2D eigenvalue weighted by Crippen LogP contribution is -2.42. The van der Waals surface area contributed by atoms with Crippen LogP contribution in [0.2, 0.25) is 0 Å².